The third-order valence-electron chi connectivity index (χ3n) is 3.74. The number of rotatable bonds is 2. The Morgan fingerprint density at radius 2 is 1.71 bits per heavy atom. The predicted molar refractivity (Wildman–Crippen MR) is 80.3 cm³/mol. The highest BCUT2D eigenvalue weighted by atomic mass is 19.1. The van der Waals surface area contributed by atoms with Gasteiger partial charge in [-0.25, -0.2) is 4.39 Å². The van der Waals surface area contributed by atoms with E-state index in [1.54, 1.807) is 12.1 Å². The predicted octanol–water partition coefficient (Wildman–Crippen LogP) is 3.98. The normalized spacial score (nSPS) is 11.0. The van der Waals surface area contributed by atoms with Crippen LogP contribution >= 0.6 is 0 Å². The lowest BCUT2D eigenvalue weighted by molar-refractivity contribution is 0.503. The lowest BCUT2D eigenvalue weighted by atomic mass is 9.98. The average molecular weight is 285 g/mol. The Bertz CT molecular complexity index is 800. The molecular formula is C16H16FN3O. The monoisotopic (exact) mass is 285 g/mol. The van der Waals surface area contributed by atoms with Crippen LogP contribution in [0.15, 0.2) is 28.7 Å². The molecule has 0 amide bonds. The Morgan fingerprint density at radius 3 is 2.29 bits per heavy atom. The summed E-state index contributed by atoms with van der Waals surface area (Å²) in [4.78, 5) is 0. The highest BCUT2D eigenvalue weighted by molar-refractivity contribution is 5.89. The van der Waals surface area contributed by atoms with Crippen LogP contribution < -0.4 is 5.73 Å². The zero-order chi connectivity index (χ0) is 15.1. The Kier molecular flexibility index (Phi) is 3.05. The van der Waals surface area contributed by atoms with E-state index < -0.39 is 0 Å². The molecule has 0 unspecified atom stereocenters. The van der Waals surface area contributed by atoms with Crippen molar-refractivity contribution in [1.29, 1.82) is 0 Å². The summed E-state index contributed by atoms with van der Waals surface area (Å²) in [7, 11) is 0. The molecule has 1 aromatic carbocycles. The van der Waals surface area contributed by atoms with Gasteiger partial charge in [0.15, 0.2) is 5.82 Å². The van der Waals surface area contributed by atoms with Crippen LogP contribution in [0.2, 0.25) is 0 Å². The minimum Gasteiger partial charge on any atom is -0.466 e. The summed E-state index contributed by atoms with van der Waals surface area (Å²) in [5.41, 5.74) is 10.4. The van der Waals surface area contributed by atoms with Crippen molar-refractivity contribution in [3.05, 3.63) is 47.2 Å². The van der Waals surface area contributed by atoms with E-state index in [0.717, 1.165) is 39.5 Å². The number of furan rings is 1. The first-order chi connectivity index (χ1) is 9.99. The Hall–Kier alpha value is -2.56. The second kappa shape index (κ2) is 4.77. The summed E-state index contributed by atoms with van der Waals surface area (Å²) in [5.74, 6) is 1.76. The summed E-state index contributed by atoms with van der Waals surface area (Å²) in [6, 6.07) is 6.20. The summed E-state index contributed by atoms with van der Waals surface area (Å²) >= 11 is 0. The molecule has 3 rings (SSSR count). The molecule has 0 aliphatic carbocycles. The highest BCUT2D eigenvalue weighted by Crippen LogP contribution is 2.39. The molecule has 0 spiro atoms. The number of hydrogen-bond donors (Lipinski definition) is 2. The molecule has 2 aromatic heterocycles. The molecule has 0 saturated heterocycles. The first kappa shape index (κ1) is 13.4. The van der Waals surface area contributed by atoms with Crippen molar-refractivity contribution < 1.29 is 8.81 Å². The quantitative estimate of drug-likeness (QED) is 0.748. The zero-order valence-corrected chi connectivity index (χ0v) is 12.1. The van der Waals surface area contributed by atoms with Crippen LogP contribution in [0.1, 0.15) is 17.1 Å². The highest BCUT2D eigenvalue weighted by Gasteiger charge is 2.21. The molecule has 0 fully saturated rings. The van der Waals surface area contributed by atoms with Gasteiger partial charge in [-0.1, -0.05) is 12.1 Å². The number of hydrogen-bond acceptors (Lipinski definition) is 3. The number of nitrogen functional groups attached to an aromatic ring is 1. The molecule has 0 radical (unpaired) electrons. The maximum atomic E-state index is 13.1. The first-order valence-electron chi connectivity index (χ1n) is 6.65. The maximum absolute atomic E-state index is 13.1. The van der Waals surface area contributed by atoms with E-state index in [0.29, 0.717) is 5.82 Å². The number of aryl methyl sites for hydroxylation is 2. The van der Waals surface area contributed by atoms with Gasteiger partial charge in [-0.3, -0.25) is 5.10 Å². The van der Waals surface area contributed by atoms with Crippen molar-refractivity contribution in [1.82, 2.24) is 10.2 Å². The number of nitrogens with one attached hydrogen (secondary N) is 1. The zero-order valence-electron chi connectivity index (χ0n) is 12.1. The molecule has 108 valence electrons. The van der Waals surface area contributed by atoms with E-state index in [2.05, 4.69) is 10.2 Å². The molecule has 3 N–H and O–H groups in total. The smallest absolute Gasteiger partial charge is 0.153 e. The molecule has 0 saturated carbocycles. The van der Waals surface area contributed by atoms with Gasteiger partial charge in [-0.05, 0) is 44.0 Å². The molecular weight excluding hydrogens is 269 g/mol. The van der Waals surface area contributed by atoms with Crippen LogP contribution in [0.25, 0.3) is 22.4 Å². The average Bonchev–Trinajstić information content (AvgIpc) is 2.92. The molecule has 4 nitrogen and oxygen atoms in total. The number of H-pyrrole nitrogens is 1. The summed E-state index contributed by atoms with van der Waals surface area (Å²) in [6.07, 6.45) is 0. The summed E-state index contributed by atoms with van der Waals surface area (Å²) in [6.45, 7) is 5.82. The van der Waals surface area contributed by atoms with Gasteiger partial charge in [0.1, 0.15) is 17.3 Å². The summed E-state index contributed by atoms with van der Waals surface area (Å²) < 4.78 is 18.8. The molecule has 0 aliphatic heterocycles. The van der Waals surface area contributed by atoms with Crippen LogP contribution in [0.3, 0.4) is 0 Å². The van der Waals surface area contributed by atoms with Gasteiger partial charge in [-0.15, -0.1) is 0 Å². The molecule has 0 bridgehead atoms. The number of anilines is 1. The lowest BCUT2D eigenvalue weighted by Crippen LogP contribution is -1.90. The van der Waals surface area contributed by atoms with E-state index >= 15 is 0 Å². The summed E-state index contributed by atoms with van der Waals surface area (Å²) in [5, 5.41) is 7.07. The molecule has 21 heavy (non-hydrogen) atoms. The SMILES string of the molecule is Cc1oc(C)c(-c2[nH]nc(N)c2-c2ccc(F)cc2)c1C. The third kappa shape index (κ3) is 2.11. The van der Waals surface area contributed by atoms with Gasteiger partial charge in [-0.2, -0.15) is 5.10 Å². The van der Waals surface area contributed by atoms with Crippen LogP contribution in [-0.2, 0) is 0 Å². The second-order valence-electron chi connectivity index (χ2n) is 5.08. The number of halogens is 1. The Morgan fingerprint density at radius 1 is 1.05 bits per heavy atom. The number of aromatic amines is 1. The molecule has 5 heteroatoms. The van der Waals surface area contributed by atoms with Gasteiger partial charge in [0, 0.05) is 5.56 Å². The van der Waals surface area contributed by atoms with E-state index in [9.17, 15) is 4.39 Å². The third-order valence-corrected chi connectivity index (χ3v) is 3.74. The minimum atomic E-state index is -0.283. The van der Waals surface area contributed by atoms with Crippen molar-refractivity contribution >= 4 is 5.82 Å². The van der Waals surface area contributed by atoms with Gasteiger partial charge in [0.05, 0.1) is 11.3 Å². The Labute approximate surface area is 121 Å². The molecule has 2 heterocycles. The van der Waals surface area contributed by atoms with Crippen molar-refractivity contribution in [2.45, 2.75) is 20.8 Å². The van der Waals surface area contributed by atoms with E-state index in [-0.39, 0.29) is 5.82 Å². The van der Waals surface area contributed by atoms with Gasteiger partial charge in [0.2, 0.25) is 0 Å². The van der Waals surface area contributed by atoms with Crippen LogP contribution in [-0.4, -0.2) is 10.2 Å². The first-order valence-corrected chi connectivity index (χ1v) is 6.65. The number of nitrogens with two attached hydrogens (primary N) is 1. The largest absolute Gasteiger partial charge is 0.466 e. The van der Waals surface area contributed by atoms with E-state index in [4.69, 9.17) is 10.2 Å². The van der Waals surface area contributed by atoms with Crippen LogP contribution in [0, 0.1) is 26.6 Å². The fourth-order valence-electron chi connectivity index (χ4n) is 2.61. The molecule has 0 atom stereocenters. The van der Waals surface area contributed by atoms with E-state index in [1.807, 2.05) is 20.8 Å². The van der Waals surface area contributed by atoms with Gasteiger partial charge < -0.3 is 10.2 Å². The number of benzene rings is 1. The molecule has 3 aromatic rings. The van der Waals surface area contributed by atoms with Gasteiger partial charge in [0.25, 0.3) is 0 Å². The Balaban J connectivity index is 2.24. The lowest BCUT2D eigenvalue weighted by Gasteiger charge is -2.05. The van der Waals surface area contributed by atoms with Crippen molar-refractivity contribution in [3.63, 3.8) is 0 Å². The number of aromatic nitrogens is 2. The van der Waals surface area contributed by atoms with Crippen LogP contribution in [0.5, 0.6) is 0 Å². The van der Waals surface area contributed by atoms with Crippen molar-refractivity contribution in [2.75, 3.05) is 5.73 Å². The van der Waals surface area contributed by atoms with Gasteiger partial charge >= 0.3 is 0 Å². The second-order valence-corrected chi connectivity index (χ2v) is 5.08. The minimum absolute atomic E-state index is 0.283. The van der Waals surface area contributed by atoms with Crippen molar-refractivity contribution in [3.8, 4) is 22.4 Å². The van der Waals surface area contributed by atoms with E-state index in [1.165, 1.54) is 12.1 Å². The number of nitrogens with zero attached hydrogens (tertiary/aromatic N) is 1. The fraction of sp³-hybridized carbons (Fsp3) is 0.188. The van der Waals surface area contributed by atoms with Crippen LogP contribution in [0.4, 0.5) is 10.2 Å². The topological polar surface area (TPSA) is 67.8 Å². The maximum Gasteiger partial charge on any atom is 0.153 e. The standard InChI is InChI=1S/C16H16FN3O/c1-8-9(2)21-10(3)13(8)15-14(16(18)20-19-15)11-4-6-12(17)7-5-11/h4-7H,1-3H3,(H3,18,19,20). The van der Waals surface area contributed by atoms with Crippen molar-refractivity contribution in [2.24, 2.45) is 0 Å². The fourth-order valence-corrected chi connectivity index (χ4v) is 2.61. The molecule has 0 aliphatic rings.